The van der Waals surface area contributed by atoms with Gasteiger partial charge in [-0.1, -0.05) is 0 Å². The Balaban J connectivity index is 2.14. The van der Waals surface area contributed by atoms with Crippen molar-refractivity contribution in [3.05, 3.63) is 0 Å². The first-order valence-electron chi connectivity index (χ1n) is 5.65. The molecule has 0 aromatic rings. The van der Waals surface area contributed by atoms with Crippen molar-refractivity contribution in [2.75, 3.05) is 13.2 Å². The van der Waals surface area contributed by atoms with E-state index in [4.69, 9.17) is 4.74 Å². The normalized spacial score (nSPS) is 32.5. The van der Waals surface area contributed by atoms with Gasteiger partial charge in [0.2, 0.25) is 5.92 Å². The zero-order chi connectivity index (χ0) is 11.8. The summed E-state index contributed by atoms with van der Waals surface area (Å²) < 4.78 is 31.3. The SMILES string of the molecule is O=C(O)C1(C2CCOC2)CCC(F)(F)CC1. The predicted octanol–water partition coefficient (Wildman–Crippen LogP) is 2.30. The highest BCUT2D eigenvalue weighted by Gasteiger charge is 2.52. The van der Waals surface area contributed by atoms with E-state index in [1.807, 2.05) is 0 Å². The molecule has 16 heavy (non-hydrogen) atoms. The minimum atomic E-state index is -2.68. The van der Waals surface area contributed by atoms with Gasteiger partial charge in [-0.25, -0.2) is 8.78 Å². The number of carboxylic acid groups (broad SMARTS) is 1. The summed E-state index contributed by atoms with van der Waals surface area (Å²) in [6.07, 6.45) is 0.205. The summed E-state index contributed by atoms with van der Waals surface area (Å²) >= 11 is 0. The highest BCUT2D eigenvalue weighted by Crippen LogP contribution is 2.50. The van der Waals surface area contributed by atoms with Gasteiger partial charge in [0, 0.05) is 25.4 Å². The van der Waals surface area contributed by atoms with Crippen molar-refractivity contribution < 1.29 is 23.4 Å². The van der Waals surface area contributed by atoms with E-state index in [0.717, 1.165) is 0 Å². The first-order valence-corrected chi connectivity index (χ1v) is 5.65. The topological polar surface area (TPSA) is 46.5 Å². The molecule has 5 heteroatoms. The van der Waals surface area contributed by atoms with Crippen LogP contribution in [0.15, 0.2) is 0 Å². The van der Waals surface area contributed by atoms with Gasteiger partial charge in [0.1, 0.15) is 0 Å². The number of hydrogen-bond acceptors (Lipinski definition) is 2. The van der Waals surface area contributed by atoms with Crippen LogP contribution in [0.1, 0.15) is 32.1 Å². The van der Waals surface area contributed by atoms with Gasteiger partial charge >= 0.3 is 5.97 Å². The Kier molecular flexibility index (Phi) is 2.90. The van der Waals surface area contributed by atoms with E-state index in [-0.39, 0.29) is 31.6 Å². The number of hydrogen-bond donors (Lipinski definition) is 1. The number of aliphatic carboxylic acids is 1. The zero-order valence-electron chi connectivity index (χ0n) is 9.05. The molecule has 2 fully saturated rings. The number of ether oxygens (including phenoxy) is 1. The molecule has 0 aromatic heterocycles. The summed E-state index contributed by atoms with van der Waals surface area (Å²) in [6, 6.07) is 0. The van der Waals surface area contributed by atoms with Crippen LogP contribution in [-0.4, -0.2) is 30.2 Å². The Morgan fingerprint density at radius 3 is 2.31 bits per heavy atom. The smallest absolute Gasteiger partial charge is 0.310 e. The average molecular weight is 234 g/mol. The van der Waals surface area contributed by atoms with Crippen LogP contribution in [0, 0.1) is 11.3 Å². The molecule has 2 rings (SSSR count). The molecule has 1 atom stereocenters. The number of rotatable bonds is 2. The standard InChI is InChI=1S/C11H16F2O3/c12-11(13)4-2-10(3-5-11,9(14)15)8-1-6-16-7-8/h8H,1-7H2,(H,14,15). The molecule has 1 aliphatic carbocycles. The fourth-order valence-electron chi connectivity index (χ4n) is 2.83. The summed E-state index contributed by atoms with van der Waals surface area (Å²) in [5, 5.41) is 9.32. The third-order valence-electron chi connectivity index (χ3n) is 4.01. The highest BCUT2D eigenvalue weighted by molar-refractivity contribution is 5.75. The van der Waals surface area contributed by atoms with Gasteiger partial charge in [-0.3, -0.25) is 4.79 Å². The van der Waals surface area contributed by atoms with E-state index in [1.165, 1.54) is 0 Å². The van der Waals surface area contributed by atoms with Crippen molar-refractivity contribution >= 4 is 5.97 Å². The third-order valence-corrected chi connectivity index (χ3v) is 4.01. The van der Waals surface area contributed by atoms with Crippen LogP contribution >= 0.6 is 0 Å². The number of alkyl halides is 2. The van der Waals surface area contributed by atoms with Crippen LogP contribution < -0.4 is 0 Å². The maximum absolute atomic E-state index is 13.1. The summed E-state index contributed by atoms with van der Waals surface area (Å²) in [5.74, 6) is -3.71. The molecule has 1 saturated carbocycles. The van der Waals surface area contributed by atoms with Crippen LogP contribution in [0.5, 0.6) is 0 Å². The Bertz CT molecular complexity index is 275. The minimum Gasteiger partial charge on any atom is -0.481 e. The molecule has 1 N–H and O–H groups in total. The van der Waals surface area contributed by atoms with Gasteiger partial charge in [0.15, 0.2) is 0 Å². The predicted molar refractivity (Wildman–Crippen MR) is 52.4 cm³/mol. The molecular formula is C11H16F2O3. The summed E-state index contributed by atoms with van der Waals surface area (Å²) in [7, 11) is 0. The Hall–Kier alpha value is -0.710. The first kappa shape index (κ1) is 11.8. The zero-order valence-corrected chi connectivity index (χ0v) is 9.05. The molecule has 2 aliphatic rings. The van der Waals surface area contributed by atoms with Crippen molar-refractivity contribution in [3.8, 4) is 0 Å². The van der Waals surface area contributed by atoms with Crippen LogP contribution in [0.4, 0.5) is 8.78 Å². The second-order valence-corrected chi connectivity index (χ2v) is 4.88. The Morgan fingerprint density at radius 2 is 1.88 bits per heavy atom. The van der Waals surface area contributed by atoms with Crippen LogP contribution in [0.3, 0.4) is 0 Å². The molecule has 1 aliphatic heterocycles. The van der Waals surface area contributed by atoms with Crippen LogP contribution in [0.25, 0.3) is 0 Å². The van der Waals surface area contributed by atoms with Gasteiger partial charge in [-0.05, 0) is 19.3 Å². The Morgan fingerprint density at radius 1 is 1.25 bits per heavy atom. The van der Waals surface area contributed by atoms with Gasteiger partial charge < -0.3 is 9.84 Å². The quantitative estimate of drug-likeness (QED) is 0.797. The molecule has 1 saturated heterocycles. The van der Waals surface area contributed by atoms with E-state index >= 15 is 0 Å². The summed E-state index contributed by atoms with van der Waals surface area (Å²) in [4.78, 5) is 11.4. The number of carboxylic acids is 1. The number of halogens is 2. The van der Waals surface area contributed by atoms with Crippen LogP contribution in [-0.2, 0) is 9.53 Å². The summed E-state index contributed by atoms with van der Waals surface area (Å²) in [6.45, 7) is 0.952. The number of carbonyl (C=O) groups is 1. The molecule has 0 aromatic carbocycles. The molecule has 0 spiro atoms. The van der Waals surface area contributed by atoms with Crippen LogP contribution in [0.2, 0.25) is 0 Å². The van der Waals surface area contributed by atoms with Gasteiger partial charge in [0.25, 0.3) is 0 Å². The maximum atomic E-state index is 13.1. The molecule has 0 amide bonds. The molecule has 1 heterocycles. The minimum absolute atomic E-state index is 0.0728. The van der Waals surface area contributed by atoms with E-state index in [2.05, 4.69) is 0 Å². The molecule has 1 unspecified atom stereocenters. The van der Waals surface area contributed by atoms with Crippen molar-refractivity contribution in [2.45, 2.75) is 38.0 Å². The molecule has 3 nitrogen and oxygen atoms in total. The molecular weight excluding hydrogens is 218 g/mol. The molecule has 0 bridgehead atoms. The highest BCUT2D eigenvalue weighted by atomic mass is 19.3. The maximum Gasteiger partial charge on any atom is 0.310 e. The van der Waals surface area contributed by atoms with E-state index in [0.29, 0.717) is 19.6 Å². The van der Waals surface area contributed by atoms with Crippen molar-refractivity contribution in [2.24, 2.45) is 11.3 Å². The average Bonchev–Trinajstić information content (AvgIpc) is 2.71. The van der Waals surface area contributed by atoms with Gasteiger partial charge in [-0.2, -0.15) is 0 Å². The fraction of sp³-hybridized carbons (Fsp3) is 0.909. The lowest BCUT2D eigenvalue weighted by Gasteiger charge is -2.40. The van der Waals surface area contributed by atoms with E-state index < -0.39 is 17.3 Å². The Labute approximate surface area is 92.8 Å². The van der Waals surface area contributed by atoms with Gasteiger partial charge in [-0.15, -0.1) is 0 Å². The molecule has 92 valence electrons. The largest absolute Gasteiger partial charge is 0.481 e. The van der Waals surface area contributed by atoms with E-state index in [1.54, 1.807) is 0 Å². The van der Waals surface area contributed by atoms with Crippen molar-refractivity contribution in [1.82, 2.24) is 0 Å². The lowest BCUT2D eigenvalue weighted by molar-refractivity contribution is -0.162. The van der Waals surface area contributed by atoms with Crippen molar-refractivity contribution in [3.63, 3.8) is 0 Å². The second-order valence-electron chi connectivity index (χ2n) is 4.88. The monoisotopic (exact) mass is 234 g/mol. The van der Waals surface area contributed by atoms with Gasteiger partial charge in [0.05, 0.1) is 12.0 Å². The third kappa shape index (κ3) is 1.93. The molecule has 0 radical (unpaired) electrons. The lowest BCUT2D eigenvalue weighted by atomic mass is 9.64. The lowest BCUT2D eigenvalue weighted by Crippen LogP contribution is -2.44. The fourth-order valence-corrected chi connectivity index (χ4v) is 2.83. The second kappa shape index (κ2) is 3.95. The summed E-state index contributed by atoms with van der Waals surface area (Å²) in [5.41, 5.74) is -0.974. The first-order chi connectivity index (χ1) is 7.46. The van der Waals surface area contributed by atoms with Crippen molar-refractivity contribution in [1.29, 1.82) is 0 Å². The van der Waals surface area contributed by atoms with E-state index in [9.17, 15) is 18.7 Å².